The first-order valence-electron chi connectivity index (χ1n) is 4.77. The SMILES string of the molecule is CC(C)C1CCNc2c(N)cnn21. The summed E-state index contributed by atoms with van der Waals surface area (Å²) in [5, 5.41) is 7.56. The van der Waals surface area contributed by atoms with E-state index in [1.165, 1.54) is 0 Å². The molecule has 0 radical (unpaired) electrons. The van der Waals surface area contributed by atoms with E-state index >= 15 is 0 Å². The van der Waals surface area contributed by atoms with Crippen molar-refractivity contribution >= 4 is 11.5 Å². The number of nitrogens with zero attached hydrogens (tertiary/aromatic N) is 2. The lowest BCUT2D eigenvalue weighted by Gasteiger charge is -2.28. The monoisotopic (exact) mass is 180 g/mol. The van der Waals surface area contributed by atoms with Crippen LogP contribution in [0.2, 0.25) is 0 Å². The van der Waals surface area contributed by atoms with Gasteiger partial charge in [-0.1, -0.05) is 13.8 Å². The third-order valence-corrected chi connectivity index (χ3v) is 2.64. The standard InChI is InChI=1S/C9H16N4/c1-6(2)8-3-4-11-9-7(10)5-12-13(8)9/h5-6,8,11H,3-4,10H2,1-2H3. The molecule has 13 heavy (non-hydrogen) atoms. The zero-order valence-corrected chi connectivity index (χ0v) is 8.12. The summed E-state index contributed by atoms with van der Waals surface area (Å²) < 4.78 is 2.02. The molecule has 0 bridgehead atoms. The number of aromatic nitrogens is 2. The molecule has 0 spiro atoms. The lowest BCUT2D eigenvalue weighted by molar-refractivity contribution is 0.323. The highest BCUT2D eigenvalue weighted by atomic mass is 15.4. The molecule has 72 valence electrons. The first-order chi connectivity index (χ1) is 6.20. The van der Waals surface area contributed by atoms with E-state index < -0.39 is 0 Å². The Morgan fingerprint density at radius 2 is 2.46 bits per heavy atom. The van der Waals surface area contributed by atoms with Gasteiger partial charge in [0.1, 0.15) is 5.82 Å². The zero-order valence-electron chi connectivity index (χ0n) is 8.12. The minimum atomic E-state index is 0.494. The number of fused-ring (bicyclic) bond motifs is 1. The molecule has 0 amide bonds. The molecule has 1 aliphatic heterocycles. The van der Waals surface area contributed by atoms with Crippen LogP contribution >= 0.6 is 0 Å². The molecular weight excluding hydrogens is 164 g/mol. The van der Waals surface area contributed by atoms with Crippen LogP contribution in [0.3, 0.4) is 0 Å². The average Bonchev–Trinajstić information content (AvgIpc) is 2.48. The molecule has 3 N–H and O–H groups in total. The fraction of sp³-hybridized carbons (Fsp3) is 0.667. The van der Waals surface area contributed by atoms with E-state index in [-0.39, 0.29) is 0 Å². The predicted octanol–water partition coefficient (Wildman–Crippen LogP) is 1.48. The van der Waals surface area contributed by atoms with Crippen molar-refractivity contribution in [2.24, 2.45) is 5.92 Å². The summed E-state index contributed by atoms with van der Waals surface area (Å²) in [6, 6.07) is 0.494. The van der Waals surface area contributed by atoms with Gasteiger partial charge in [0.15, 0.2) is 0 Å². The van der Waals surface area contributed by atoms with Crippen LogP contribution in [0.1, 0.15) is 26.3 Å². The number of nitrogens with two attached hydrogens (primary N) is 1. The second-order valence-electron chi connectivity index (χ2n) is 3.92. The normalized spacial score (nSPS) is 21.3. The molecule has 1 aromatic rings. The molecular formula is C9H16N4. The van der Waals surface area contributed by atoms with E-state index in [4.69, 9.17) is 5.73 Å². The number of anilines is 2. The van der Waals surface area contributed by atoms with E-state index in [1.54, 1.807) is 6.20 Å². The van der Waals surface area contributed by atoms with Gasteiger partial charge in [-0.3, -0.25) is 0 Å². The van der Waals surface area contributed by atoms with Crippen molar-refractivity contribution in [1.29, 1.82) is 0 Å². The first-order valence-corrected chi connectivity index (χ1v) is 4.77. The van der Waals surface area contributed by atoms with Gasteiger partial charge in [0.05, 0.1) is 17.9 Å². The number of hydrogen-bond donors (Lipinski definition) is 2. The molecule has 0 aromatic carbocycles. The minimum Gasteiger partial charge on any atom is -0.394 e. The van der Waals surface area contributed by atoms with Crippen molar-refractivity contribution in [3.63, 3.8) is 0 Å². The minimum absolute atomic E-state index is 0.494. The van der Waals surface area contributed by atoms with E-state index in [0.29, 0.717) is 12.0 Å². The van der Waals surface area contributed by atoms with Gasteiger partial charge in [0, 0.05) is 6.54 Å². The largest absolute Gasteiger partial charge is 0.394 e. The second kappa shape index (κ2) is 2.94. The Labute approximate surface area is 78.1 Å². The molecule has 0 saturated carbocycles. The highest BCUT2D eigenvalue weighted by Crippen LogP contribution is 2.31. The van der Waals surface area contributed by atoms with Crippen LogP contribution in [-0.4, -0.2) is 16.3 Å². The molecule has 2 heterocycles. The Morgan fingerprint density at radius 1 is 1.69 bits per heavy atom. The molecule has 1 aromatic heterocycles. The van der Waals surface area contributed by atoms with Crippen LogP contribution in [0.5, 0.6) is 0 Å². The number of rotatable bonds is 1. The maximum Gasteiger partial charge on any atom is 0.148 e. The van der Waals surface area contributed by atoms with Crippen LogP contribution < -0.4 is 11.1 Å². The number of nitrogens with one attached hydrogen (secondary N) is 1. The molecule has 1 atom stereocenters. The van der Waals surface area contributed by atoms with E-state index in [0.717, 1.165) is 24.5 Å². The van der Waals surface area contributed by atoms with Crippen molar-refractivity contribution in [2.45, 2.75) is 26.3 Å². The first kappa shape index (κ1) is 8.41. The molecule has 1 unspecified atom stereocenters. The summed E-state index contributed by atoms with van der Waals surface area (Å²) in [6.07, 6.45) is 2.86. The predicted molar refractivity (Wildman–Crippen MR) is 53.6 cm³/mol. The van der Waals surface area contributed by atoms with Crippen LogP contribution in [0, 0.1) is 5.92 Å². The lowest BCUT2D eigenvalue weighted by atomic mass is 10.00. The van der Waals surface area contributed by atoms with Crippen molar-refractivity contribution in [2.75, 3.05) is 17.6 Å². The Kier molecular flexibility index (Phi) is 1.90. The summed E-state index contributed by atoms with van der Waals surface area (Å²) in [5.41, 5.74) is 6.53. The fourth-order valence-electron chi connectivity index (χ4n) is 1.89. The summed E-state index contributed by atoms with van der Waals surface area (Å²) in [5.74, 6) is 1.60. The molecule has 0 aliphatic carbocycles. The topological polar surface area (TPSA) is 55.9 Å². The van der Waals surface area contributed by atoms with Crippen molar-refractivity contribution in [3.8, 4) is 0 Å². The van der Waals surface area contributed by atoms with Crippen molar-refractivity contribution in [3.05, 3.63) is 6.20 Å². The van der Waals surface area contributed by atoms with Crippen molar-refractivity contribution in [1.82, 2.24) is 9.78 Å². The Bertz CT molecular complexity index is 303. The van der Waals surface area contributed by atoms with Crippen molar-refractivity contribution < 1.29 is 0 Å². The fourth-order valence-corrected chi connectivity index (χ4v) is 1.89. The van der Waals surface area contributed by atoms with E-state index in [2.05, 4.69) is 24.3 Å². The van der Waals surface area contributed by atoms with E-state index in [9.17, 15) is 0 Å². The third-order valence-electron chi connectivity index (χ3n) is 2.64. The van der Waals surface area contributed by atoms with Crippen LogP contribution in [-0.2, 0) is 0 Å². The van der Waals surface area contributed by atoms with Crippen LogP contribution in [0.15, 0.2) is 6.20 Å². The Hall–Kier alpha value is -1.19. The summed E-state index contributed by atoms with van der Waals surface area (Å²) >= 11 is 0. The van der Waals surface area contributed by atoms with Crippen LogP contribution in [0.25, 0.3) is 0 Å². The average molecular weight is 180 g/mol. The molecule has 0 saturated heterocycles. The summed E-state index contributed by atoms with van der Waals surface area (Å²) in [4.78, 5) is 0. The Balaban J connectivity index is 2.38. The maximum atomic E-state index is 5.78. The molecule has 4 heteroatoms. The van der Waals surface area contributed by atoms with Gasteiger partial charge < -0.3 is 11.1 Å². The van der Waals surface area contributed by atoms with Gasteiger partial charge in [0.2, 0.25) is 0 Å². The van der Waals surface area contributed by atoms with E-state index in [1.807, 2.05) is 4.68 Å². The maximum absolute atomic E-state index is 5.78. The summed E-state index contributed by atoms with van der Waals surface area (Å²) in [7, 11) is 0. The quantitative estimate of drug-likeness (QED) is 0.688. The highest BCUT2D eigenvalue weighted by Gasteiger charge is 2.24. The van der Waals surface area contributed by atoms with Gasteiger partial charge >= 0.3 is 0 Å². The zero-order chi connectivity index (χ0) is 9.42. The molecule has 1 aliphatic rings. The molecule has 2 rings (SSSR count). The second-order valence-corrected chi connectivity index (χ2v) is 3.92. The third kappa shape index (κ3) is 1.26. The molecule has 0 fully saturated rings. The molecule has 4 nitrogen and oxygen atoms in total. The summed E-state index contributed by atoms with van der Waals surface area (Å²) in [6.45, 7) is 5.44. The van der Waals surface area contributed by atoms with Gasteiger partial charge in [0.25, 0.3) is 0 Å². The highest BCUT2D eigenvalue weighted by molar-refractivity contribution is 5.61. The number of nitrogen functional groups attached to an aromatic ring is 1. The number of hydrogen-bond acceptors (Lipinski definition) is 3. The van der Waals surface area contributed by atoms with Crippen LogP contribution in [0.4, 0.5) is 11.5 Å². The van der Waals surface area contributed by atoms with Gasteiger partial charge in [-0.25, -0.2) is 4.68 Å². The van der Waals surface area contributed by atoms with Gasteiger partial charge in [-0.05, 0) is 12.3 Å². The Morgan fingerprint density at radius 3 is 3.15 bits per heavy atom. The van der Waals surface area contributed by atoms with Gasteiger partial charge in [-0.15, -0.1) is 0 Å². The smallest absolute Gasteiger partial charge is 0.148 e. The lowest BCUT2D eigenvalue weighted by Crippen LogP contribution is -2.27. The van der Waals surface area contributed by atoms with Gasteiger partial charge in [-0.2, -0.15) is 5.10 Å².